The zero-order valence-electron chi connectivity index (χ0n) is 29.9. The molecule has 1 rings (SSSR count). The molecule has 0 aliphatic rings. The second-order valence-corrected chi connectivity index (χ2v) is 13.2. The van der Waals surface area contributed by atoms with Gasteiger partial charge in [0, 0.05) is 19.4 Å². The van der Waals surface area contributed by atoms with Gasteiger partial charge in [0.05, 0.1) is 40.8 Å². The maximum atomic E-state index is 13.9. The summed E-state index contributed by atoms with van der Waals surface area (Å²) in [5, 5.41) is 10.7. The van der Waals surface area contributed by atoms with E-state index in [0.717, 1.165) is 18.5 Å². The molecule has 5 atom stereocenters. The molecule has 1 aromatic carbocycles. The molecular weight excluding hydrogens is 648 g/mol. The highest BCUT2D eigenvalue weighted by Gasteiger charge is 2.31. The highest BCUT2D eigenvalue weighted by atomic mass is 16.5. The van der Waals surface area contributed by atoms with Crippen LogP contribution in [-0.4, -0.2) is 117 Å². The maximum absolute atomic E-state index is 13.9. The van der Waals surface area contributed by atoms with E-state index >= 15 is 0 Å². The van der Waals surface area contributed by atoms with Crippen LogP contribution in [0, 0.1) is 0 Å². The number of benzene rings is 1. The van der Waals surface area contributed by atoms with Gasteiger partial charge in [-0.25, -0.2) is 4.79 Å². The number of hydrogen-bond donors (Lipinski definition) is 8. The highest BCUT2D eigenvalue weighted by Crippen LogP contribution is 2.10. The number of hydrogen-bond acceptors (Lipinski definition) is 9. The Balaban J connectivity index is 3.32. The van der Waals surface area contributed by atoms with E-state index in [1.165, 1.54) is 14.0 Å². The third kappa shape index (κ3) is 18.1. The smallest absolute Gasteiger partial charge is 0.328 e. The molecule has 0 fully saturated rings. The summed E-state index contributed by atoms with van der Waals surface area (Å²) in [5.41, 5.74) is 22.7. The molecule has 0 unspecified atom stereocenters. The van der Waals surface area contributed by atoms with Crippen molar-refractivity contribution in [1.82, 2.24) is 21.3 Å². The van der Waals surface area contributed by atoms with Crippen molar-refractivity contribution < 1.29 is 38.0 Å². The van der Waals surface area contributed by atoms with Crippen LogP contribution >= 0.6 is 0 Å². The van der Waals surface area contributed by atoms with Crippen molar-refractivity contribution in [1.29, 1.82) is 0 Å². The van der Waals surface area contributed by atoms with E-state index in [9.17, 15) is 28.8 Å². The fourth-order valence-corrected chi connectivity index (χ4v) is 4.84. The van der Waals surface area contributed by atoms with Crippen LogP contribution in [0.15, 0.2) is 35.3 Å². The van der Waals surface area contributed by atoms with Gasteiger partial charge in [0.1, 0.15) is 24.2 Å². The zero-order chi connectivity index (χ0) is 37.9. The van der Waals surface area contributed by atoms with Crippen molar-refractivity contribution >= 4 is 41.5 Å². The number of guanidine groups is 1. The average Bonchev–Trinajstić information content (AvgIpc) is 3.04. The number of quaternary nitrogens is 1. The zero-order valence-corrected chi connectivity index (χ0v) is 29.9. The van der Waals surface area contributed by atoms with Gasteiger partial charge in [-0.2, -0.15) is 0 Å². The van der Waals surface area contributed by atoms with Crippen LogP contribution < -0.4 is 44.2 Å². The SMILES string of the molecule is COC(=O)[C@H](C)NC(=O)[C@H](Cc1ccccc1)NC(=O)[C@H](CCCC[N+](C)(C)C)NC(=O)[C@H](CCCN=C(N)N)NC(=O)[C@@H](N)CCC(N)=O. The number of esters is 1. The van der Waals surface area contributed by atoms with Crippen molar-refractivity contribution in [3.05, 3.63) is 35.9 Å². The molecule has 12 N–H and O–H groups in total. The number of nitrogens with one attached hydrogen (secondary N) is 4. The van der Waals surface area contributed by atoms with E-state index in [1.807, 2.05) is 27.2 Å². The number of carbonyl (C=O) groups is 6. The summed E-state index contributed by atoms with van der Waals surface area (Å²) in [4.78, 5) is 81.0. The number of unbranched alkanes of at least 4 members (excludes halogenated alkanes) is 1. The summed E-state index contributed by atoms with van der Waals surface area (Å²) in [7, 11) is 7.32. The first-order valence-electron chi connectivity index (χ1n) is 16.7. The van der Waals surface area contributed by atoms with E-state index < -0.39 is 65.7 Å². The van der Waals surface area contributed by atoms with Gasteiger partial charge < -0.3 is 53.4 Å². The van der Waals surface area contributed by atoms with E-state index in [-0.39, 0.29) is 44.6 Å². The van der Waals surface area contributed by atoms with Crippen LogP contribution in [0.2, 0.25) is 0 Å². The Morgan fingerprint density at radius 1 is 0.760 bits per heavy atom. The molecule has 280 valence electrons. The average molecular weight is 706 g/mol. The van der Waals surface area contributed by atoms with Crippen LogP contribution in [0.25, 0.3) is 0 Å². The Bertz CT molecular complexity index is 1300. The summed E-state index contributed by atoms with van der Waals surface area (Å²) >= 11 is 0. The first kappa shape index (κ1) is 43.3. The minimum absolute atomic E-state index is 0.0275. The number of nitrogens with two attached hydrogens (primary N) is 4. The predicted molar refractivity (Wildman–Crippen MR) is 189 cm³/mol. The van der Waals surface area contributed by atoms with Crippen molar-refractivity contribution in [2.45, 2.75) is 88.5 Å². The van der Waals surface area contributed by atoms with E-state index in [2.05, 4.69) is 26.3 Å². The molecule has 5 amide bonds. The fourth-order valence-electron chi connectivity index (χ4n) is 4.84. The van der Waals surface area contributed by atoms with Gasteiger partial charge in [-0.15, -0.1) is 0 Å². The van der Waals surface area contributed by atoms with Crippen molar-refractivity contribution in [2.24, 2.45) is 27.9 Å². The number of primary amides is 1. The predicted octanol–water partition coefficient (Wildman–Crippen LogP) is -2.12. The van der Waals surface area contributed by atoms with Crippen molar-refractivity contribution in [3.63, 3.8) is 0 Å². The number of nitrogens with zero attached hydrogens (tertiary/aromatic N) is 2. The quantitative estimate of drug-likeness (QED) is 0.0202. The highest BCUT2D eigenvalue weighted by molar-refractivity contribution is 5.95. The summed E-state index contributed by atoms with van der Waals surface area (Å²) in [5.74, 6) is -4.02. The van der Waals surface area contributed by atoms with Crippen molar-refractivity contribution in [3.8, 4) is 0 Å². The summed E-state index contributed by atoms with van der Waals surface area (Å²) in [6.45, 7) is 2.44. The van der Waals surface area contributed by atoms with Crippen LogP contribution in [0.5, 0.6) is 0 Å². The molecule has 1 aromatic rings. The molecular formula is C33H57N10O7+. The van der Waals surface area contributed by atoms with Crippen LogP contribution in [0.3, 0.4) is 0 Å². The molecule has 0 saturated heterocycles. The molecule has 0 bridgehead atoms. The molecule has 17 heteroatoms. The van der Waals surface area contributed by atoms with Gasteiger partial charge in [0.15, 0.2) is 5.96 Å². The molecule has 0 heterocycles. The maximum Gasteiger partial charge on any atom is 0.328 e. The number of methoxy groups -OCH3 is 1. The number of rotatable bonds is 23. The Morgan fingerprint density at radius 3 is 1.84 bits per heavy atom. The minimum atomic E-state index is -1.14. The molecule has 0 aromatic heterocycles. The van der Waals surface area contributed by atoms with Crippen LogP contribution in [0.4, 0.5) is 0 Å². The molecule has 0 aliphatic heterocycles. The van der Waals surface area contributed by atoms with E-state index in [1.54, 1.807) is 24.3 Å². The molecule has 0 saturated carbocycles. The van der Waals surface area contributed by atoms with Crippen LogP contribution in [0.1, 0.15) is 57.4 Å². The second-order valence-electron chi connectivity index (χ2n) is 13.2. The number of carbonyl (C=O) groups excluding carboxylic acids is 6. The van der Waals surface area contributed by atoms with Crippen molar-refractivity contribution in [2.75, 3.05) is 41.3 Å². The molecule has 0 radical (unpaired) electrons. The Hall–Kier alpha value is -4.77. The normalized spacial score (nSPS) is 14.1. The topological polar surface area (TPSA) is 276 Å². The fraction of sp³-hybridized carbons (Fsp3) is 0.606. The number of ether oxygens (including phenoxy) is 1. The number of aliphatic imine (C=N–C) groups is 1. The molecule has 50 heavy (non-hydrogen) atoms. The largest absolute Gasteiger partial charge is 0.467 e. The van der Waals surface area contributed by atoms with Gasteiger partial charge in [-0.05, 0) is 51.0 Å². The lowest BCUT2D eigenvalue weighted by Crippen LogP contribution is -2.58. The van der Waals surface area contributed by atoms with E-state index in [4.69, 9.17) is 27.7 Å². The molecule has 0 spiro atoms. The lowest BCUT2D eigenvalue weighted by atomic mass is 10.0. The van der Waals surface area contributed by atoms with E-state index in [0.29, 0.717) is 17.3 Å². The van der Waals surface area contributed by atoms with Crippen LogP contribution in [-0.2, 0) is 39.9 Å². The first-order chi connectivity index (χ1) is 23.4. The third-order valence-electron chi connectivity index (χ3n) is 7.65. The monoisotopic (exact) mass is 705 g/mol. The standard InChI is InChI=1S/C33H56N10O7/c1-21(32(49)50-5)39-31(48)26(20-22-12-7-6-8-13-22)42-30(47)24(14-9-10-19-43(2,3)4)41-29(46)25(15-11-18-38-33(36)37)40-28(45)23(34)16-17-27(35)44/h6-8,12-13,21,23-26H,9-11,14-20,34H2,1-5H3,(H9-,35,36,37,38,39,40,41,42,44,45,46,47,48)/p+1/t21-,23-,24-,25-,26-/m0/s1. The Morgan fingerprint density at radius 2 is 1.30 bits per heavy atom. The minimum Gasteiger partial charge on any atom is -0.467 e. The lowest BCUT2D eigenvalue weighted by Gasteiger charge is -2.27. The third-order valence-corrected chi connectivity index (χ3v) is 7.65. The summed E-state index contributed by atoms with van der Waals surface area (Å²) in [6.07, 6.45) is 1.86. The summed E-state index contributed by atoms with van der Waals surface area (Å²) < 4.78 is 5.42. The number of amides is 5. The van der Waals surface area contributed by atoms with Gasteiger partial charge in [0.25, 0.3) is 0 Å². The van der Waals surface area contributed by atoms with Gasteiger partial charge in [-0.3, -0.25) is 29.0 Å². The van der Waals surface area contributed by atoms with Gasteiger partial charge in [-0.1, -0.05) is 30.3 Å². The molecule has 0 aliphatic carbocycles. The van der Waals surface area contributed by atoms with Gasteiger partial charge >= 0.3 is 5.97 Å². The Kier molecular flexibility index (Phi) is 19.1. The first-order valence-corrected chi connectivity index (χ1v) is 16.7. The lowest BCUT2D eigenvalue weighted by molar-refractivity contribution is -0.870. The summed E-state index contributed by atoms with van der Waals surface area (Å²) in [6, 6.07) is 3.55. The molecule has 17 nitrogen and oxygen atoms in total. The Labute approximate surface area is 294 Å². The second kappa shape index (κ2) is 22.0. The van der Waals surface area contributed by atoms with Gasteiger partial charge in [0.2, 0.25) is 29.5 Å².